The number of ether oxygens (including phenoxy) is 1. The maximum atomic E-state index is 13.1. The monoisotopic (exact) mass is 402 g/mol. The second kappa shape index (κ2) is 8.65. The Bertz CT molecular complexity index is 913. The van der Waals surface area contributed by atoms with E-state index >= 15 is 0 Å². The number of amides is 1. The highest BCUT2D eigenvalue weighted by Gasteiger charge is 2.36. The van der Waals surface area contributed by atoms with E-state index in [1.54, 1.807) is 36.4 Å². The molecular weight excluding hydrogens is 376 g/mol. The molecule has 0 radical (unpaired) electrons. The van der Waals surface area contributed by atoms with Gasteiger partial charge in [-0.25, -0.2) is 8.42 Å². The molecular formula is C21H26N2O4S. The van der Waals surface area contributed by atoms with E-state index in [4.69, 9.17) is 4.74 Å². The first kappa shape index (κ1) is 20.2. The van der Waals surface area contributed by atoms with Crippen LogP contribution in [-0.2, 0) is 20.6 Å². The second-order valence-corrected chi connectivity index (χ2v) is 9.21. The number of rotatable bonds is 7. The lowest BCUT2D eigenvalue weighted by Crippen LogP contribution is -2.51. The van der Waals surface area contributed by atoms with Crippen molar-refractivity contribution in [2.75, 3.05) is 17.4 Å². The second-order valence-electron chi connectivity index (χ2n) is 7.32. The highest BCUT2D eigenvalue weighted by molar-refractivity contribution is 7.92. The fourth-order valence-electron chi connectivity index (χ4n) is 3.06. The van der Waals surface area contributed by atoms with E-state index in [0.29, 0.717) is 29.5 Å². The summed E-state index contributed by atoms with van der Waals surface area (Å²) in [6, 6.07) is 15.9. The molecule has 2 aromatic carbocycles. The van der Waals surface area contributed by atoms with Gasteiger partial charge in [-0.3, -0.25) is 9.10 Å². The van der Waals surface area contributed by atoms with Crippen LogP contribution in [0.5, 0.6) is 5.75 Å². The summed E-state index contributed by atoms with van der Waals surface area (Å²) in [6.07, 6.45) is -0.0296. The molecule has 1 heterocycles. The van der Waals surface area contributed by atoms with Gasteiger partial charge in [-0.15, -0.1) is 0 Å². The summed E-state index contributed by atoms with van der Waals surface area (Å²) in [5.41, 5.74) is 1.16. The van der Waals surface area contributed by atoms with Crippen LogP contribution in [0.2, 0.25) is 0 Å². The van der Waals surface area contributed by atoms with Crippen LogP contribution in [0.1, 0.15) is 25.8 Å². The highest BCUT2D eigenvalue weighted by atomic mass is 32.2. The standard InChI is InChI=1S/C21H26N2O4S/c1-16(2)12-13-22-21(24)20-14-23(18-10-6-7-11-19(18)27-20)28(25,26)15-17-8-4-3-5-9-17/h3-11,16,20H,12-15H2,1-2H3,(H,22,24)/t20-/m0/s1. The minimum atomic E-state index is -3.68. The van der Waals surface area contributed by atoms with Crippen molar-refractivity contribution >= 4 is 21.6 Å². The number of benzene rings is 2. The maximum Gasteiger partial charge on any atom is 0.263 e. The molecule has 0 spiro atoms. The van der Waals surface area contributed by atoms with Crippen molar-refractivity contribution in [1.82, 2.24) is 5.32 Å². The third-order valence-electron chi connectivity index (χ3n) is 4.58. The zero-order valence-electron chi connectivity index (χ0n) is 16.2. The van der Waals surface area contributed by atoms with E-state index in [2.05, 4.69) is 19.2 Å². The molecule has 1 amide bonds. The molecule has 0 fully saturated rings. The molecule has 1 atom stereocenters. The van der Waals surface area contributed by atoms with Gasteiger partial charge in [-0.1, -0.05) is 56.3 Å². The van der Waals surface area contributed by atoms with Crippen LogP contribution in [0.3, 0.4) is 0 Å². The van der Waals surface area contributed by atoms with Gasteiger partial charge in [0.15, 0.2) is 6.10 Å². The summed E-state index contributed by atoms with van der Waals surface area (Å²) in [4.78, 5) is 12.6. The minimum Gasteiger partial charge on any atom is -0.476 e. The Balaban J connectivity index is 1.82. The lowest BCUT2D eigenvalue weighted by Gasteiger charge is -2.34. The van der Waals surface area contributed by atoms with Gasteiger partial charge in [0.1, 0.15) is 5.75 Å². The van der Waals surface area contributed by atoms with Gasteiger partial charge in [0.05, 0.1) is 18.0 Å². The first-order chi connectivity index (χ1) is 13.4. The number of para-hydroxylation sites is 2. The van der Waals surface area contributed by atoms with Gasteiger partial charge >= 0.3 is 0 Å². The number of carbonyl (C=O) groups excluding carboxylic acids is 1. The Morgan fingerprint density at radius 3 is 2.54 bits per heavy atom. The Hall–Kier alpha value is -2.54. The molecule has 0 saturated carbocycles. The number of nitrogens with zero attached hydrogens (tertiary/aromatic N) is 1. The number of nitrogens with one attached hydrogen (secondary N) is 1. The summed E-state index contributed by atoms with van der Waals surface area (Å²) >= 11 is 0. The smallest absolute Gasteiger partial charge is 0.263 e. The molecule has 0 saturated heterocycles. The minimum absolute atomic E-state index is 0.0420. The summed E-state index contributed by atoms with van der Waals surface area (Å²) in [5, 5.41) is 2.85. The van der Waals surface area contributed by atoms with Gasteiger partial charge in [0.2, 0.25) is 10.0 Å². The highest BCUT2D eigenvalue weighted by Crippen LogP contribution is 2.35. The van der Waals surface area contributed by atoms with E-state index in [0.717, 1.165) is 6.42 Å². The van der Waals surface area contributed by atoms with Gasteiger partial charge in [-0.2, -0.15) is 0 Å². The summed E-state index contributed by atoms with van der Waals surface area (Å²) in [6.45, 7) is 4.66. The van der Waals surface area contributed by atoms with Crippen LogP contribution < -0.4 is 14.4 Å². The molecule has 28 heavy (non-hydrogen) atoms. The Morgan fingerprint density at radius 2 is 1.82 bits per heavy atom. The van der Waals surface area contributed by atoms with Crippen LogP contribution in [-0.4, -0.2) is 33.5 Å². The quantitative estimate of drug-likeness (QED) is 0.773. The largest absolute Gasteiger partial charge is 0.476 e. The third-order valence-corrected chi connectivity index (χ3v) is 6.29. The number of anilines is 1. The van der Waals surface area contributed by atoms with E-state index in [1.807, 2.05) is 18.2 Å². The molecule has 0 bridgehead atoms. The van der Waals surface area contributed by atoms with Gasteiger partial charge in [0.25, 0.3) is 5.91 Å². The van der Waals surface area contributed by atoms with Crippen molar-refractivity contribution in [3.8, 4) is 5.75 Å². The lowest BCUT2D eigenvalue weighted by molar-refractivity contribution is -0.127. The van der Waals surface area contributed by atoms with Crippen molar-refractivity contribution < 1.29 is 17.9 Å². The van der Waals surface area contributed by atoms with Crippen LogP contribution in [0, 0.1) is 5.92 Å². The molecule has 6 nitrogen and oxygen atoms in total. The van der Waals surface area contributed by atoms with E-state index in [1.165, 1.54) is 4.31 Å². The first-order valence-corrected chi connectivity index (χ1v) is 11.1. The number of sulfonamides is 1. The molecule has 0 aliphatic carbocycles. The van der Waals surface area contributed by atoms with E-state index in [9.17, 15) is 13.2 Å². The molecule has 1 aliphatic rings. The van der Waals surface area contributed by atoms with Crippen LogP contribution in [0.15, 0.2) is 54.6 Å². The van der Waals surface area contributed by atoms with Crippen LogP contribution >= 0.6 is 0 Å². The molecule has 2 aromatic rings. The average Bonchev–Trinajstić information content (AvgIpc) is 2.67. The van der Waals surface area contributed by atoms with Crippen molar-refractivity contribution in [2.45, 2.75) is 32.1 Å². The van der Waals surface area contributed by atoms with Crippen LogP contribution in [0.4, 0.5) is 5.69 Å². The van der Waals surface area contributed by atoms with E-state index < -0.39 is 16.1 Å². The van der Waals surface area contributed by atoms with Gasteiger partial charge in [-0.05, 0) is 30.0 Å². The van der Waals surface area contributed by atoms with E-state index in [-0.39, 0.29) is 18.2 Å². The third kappa shape index (κ3) is 4.84. The molecule has 7 heteroatoms. The number of hydrogen-bond acceptors (Lipinski definition) is 4. The van der Waals surface area contributed by atoms with Crippen molar-refractivity contribution in [3.05, 3.63) is 60.2 Å². The molecule has 0 unspecified atom stereocenters. The Labute approximate surface area is 166 Å². The molecule has 150 valence electrons. The van der Waals surface area contributed by atoms with Gasteiger partial charge in [0, 0.05) is 6.54 Å². The SMILES string of the molecule is CC(C)CCNC(=O)[C@@H]1CN(S(=O)(=O)Cc2ccccc2)c2ccccc2O1. The normalized spacial score (nSPS) is 16.4. The Kier molecular flexibility index (Phi) is 6.24. The zero-order valence-corrected chi connectivity index (χ0v) is 17.0. The van der Waals surface area contributed by atoms with Crippen molar-refractivity contribution in [2.24, 2.45) is 5.92 Å². The average molecular weight is 403 g/mol. The molecule has 3 rings (SSSR count). The molecule has 1 N–H and O–H groups in total. The van der Waals surface area contributed by atoms with Crippen molar-refractivity contribution in [1.29, 1.82) is 0 Å². The van der Waals surface area contributed by atoms with Crippen LogP contribution in [0.25, 0.3) is 0 Å². The summed E-state index contributed by atoms with van der Waals surface area (Å²) in [7, 11) is -3.68. The predicted molar refractivity (Wildman–Crippen MR) is 110 cm³/mol. The first-order valence-electron chi connectivity index (χ1n) is 9.44. The summed E-state index contributed by atoms with van der Waals surface area (Å²) < 4.78 is 33.4. The summed E-state index contributed by atoms with van der Waals surface area (Å²) in [5.74, 6) is 0.435. The molecule has 0 aromatic heterocycles. The lowest BCUT2D eigenvalue weighted by atomic mass is 10.1. The number of fused-ring (bicyclic) bond motifs is 1. The predicted octanol–water partition coefficient (Wildman–Crippen LogP) is 2.95. The Morgan fingerprint density at radius 1 is 1.14 bits per heavy atom. The fraction of sp³-hybridized carbons (Fsp3) is 0.381. The molecule has 1 aliphatic heterocycles. The maximum absolute atomic E-state index is 13.1. The topological polar surface area (TPSA) is 75.7 Å². The zero-order chi connectivity index (χ0) is 20.1. The number of hydrogen-bond donors (Lipinski definition) is 1. The fourth-order valence-corrected chi connectivity index (χ4v) is 4.65. The number of carbonyl (C=O) groups is 1. The van der Waals surface area contributed by atoms with Gasteiger partial charge < -0.3 is 10.1 Å². The van der Waals surface area contributed by atoms with Crippen molar-refractivity contribution in [3.63, 3.8) is 0 Å².